The van der Waals surface area contributed by atoms with Crippen LogP contribution in [0, 0.1) is 16.0 Å². The van der Waals surface area contributed by atoms with E-state index in [-0.39, 0.29) is 28.5 Å². The number of hydrogen-bond donors (Lipinski definition) is 1. The van der Waals surface area contributed by atoms with E-state index in [4.69, 9.17) is 4.74 Å². The van der Waals surface area contributed by atoms with Gasteiger partial charge in [-0.3, -0.25) is 14.9 Å². The van der Waals surface area contributed by atoms with Gasteiger partial charge in [0.05, 0.1) is 11.0 Å². The molecule has 0 saturated carbocycles. The van der Waals surface area contributed by atoms with Gasteiger partial charge in [-0.1, -0.05) is 36.4 Å². The Bertz CT molecular complexity index is 905. The van der Waals surface area contributed by atoms with E-state index >= 15 is 0 Å². The van der Waals surface area contributed by atoms with Crippen LogP contribution in [0.5, 0.6) is 5.75 Å². The van der Waals surface area contributed by atoms with Crippen molar-refractivity contribution in [1.82, 2.24) is 0 Å². The van der Waals surface area contributed by atoms with Crippen molar-refractivity contribution < 1.29 is 14.5 Å². The summed E-state index contributed by atoms with van der Waals surface area (Å²) >= 11 is 0. The summed E-state index contributed by atoms with van der Waals surface area (Å²) in [6.45, 7) is 1.36. The zero-order valence-corrected chi connectivity index (χ0v) is 14.2. The van der Waals surface area contributed by atoms with E-state index in [9.17, 15) is 14.9 Å². The highest BCUT2D eigenvalue weighted by Crippen LogP contribution is 2.52. The van der Waals surface area contributed by atoms with Gasteiger partial charge in [-0.25, -0.2) is 0 Å². The minimum Gasteiger partial charge on any atom is -0.427 e. The van der Waals surface area contributed by atoms with Crippen molar-refractivity contribution >= 4 is 17.3 Å². The molecule has 6 nitrogen and oxygen atoms in total. The number of hydrogen-bond acceptors (Lipinski definition) is 5. The number of nitro groups is 1. The smallest absolute Gasteiger partial charge is 0.308 e. The van der Waals surface area contributed by atoms with Crippen LogP contribution >= 0.6 is 0 Å². The topological polar surface area (TPSA) is 81.5 Å². The molecule has 6 heteroatoms. The number of nitrogens with zero attached hydrogens (tertiary/aromatic N) is 1. The molecule has 1 aliphatic heterocycles. The molecule has 3 atom stereocenters. The number of allylic oxidation sites excluding steroid dienone is 2. The summed E-state index contributed by atoms with van der Waals surface area (Å²) in [5, 5.41) is 14.9. The van der Waals surface area contributed by atoms with Crippen LogP contribution in [0.25, 0.3) is 0 Å². The number of esters is 1. The Kier molecular flexibility index (Phi) is 3.95. The Morgan fingerprint density at radius 2 is 2.00 bits per heavy atom. The van der Waals surface area contributed by atoms with E-state index in [1.165, 1.54) is 13.0 Å². The molecular weight excluding hydrogens is 332 g/mol. The highest BCUT2D eigenvalue weighted by atomic mass is 16.6. The highest BCUT2D eigenvalue weighted by molar-refractivity contribution is 5.71. The summed E-state index contributed by atoms with van der Waals surface area (Å²) in [5.74, 6) is 0.580. The number of fused-ring (bicyclic) bond motifs is 3. The Balaban J connectivity index is 1.72. The van der Waals surface area contributed by atoms with E-state index < -0.39 is 0 Å². The van der Waals surface area contributed by atoms with E-state index in [1.54, 1.807) is 18.2 Å². The third kappa shape index (κ3) is 2.73. The third-order valence-corrected chi connectivity index (χ3v) is 5.07. The molecule has 0 amide bonds. The average Bonchev–Trinajstić information content (AvgIpc) is 3.10. The number of carbonyl (C=O) groups excluding carboxylic acids is 1. The first kappa shape index (κ1) is 16.3. The minimum atomic E-state index is -0.363. The number of para-hydroxylation sites is 1. The van der Waals surface area contributed by atoms with Gasteiger partial charge in [0.2, 0.25) is 0 Å². The van der Waals surface area contributed by atoms with Gasteiger partial charge in [-0.15, -0.1) is 0 Å². The van der Waals surface area contributed by atoms with Crippen LogP contribution in [0.1, 0.15) is 36.4 Å². The number of rotatable bonds is 3. The fourth-order valence-electron chi connectivity index (χ4n) is 4.00. The second-order valence-electron chi connectivity index (χ2n) is 6.64. The SMILES string of the molecule is CC(=O)Oc1ccc([C@@H]2Nc3c(cccc3[N+](=O)[O-])[C@H]3C=CC[C@@H]32)cc1. The van der Waals surface area contributed by atoms with Gasteiger partial charge in [0.15, 0.2) is 0 Å². The van der Waals surface area contributed by atoms with Gasteiger partial charge in [-0.2, -0.15) is 0 Å². The van der Waals surface area contributed by atoms with Gasteiger partial charge in [0.1, 0.15) is 11.4 Å². The molecule has 2 aromatic carbocycles. The van der Waals surface area contributed by atoms with Crippen molar-refractivity contribution in [3.05, 3.63) is 75.9 Å². The Hall–Kier alpha value is -3.15. The zero-order valence-electron chi connectivity index (χ0n) is 14.2. The summed E-state index contributed by atoms with van der Waals surface area (Å²) in [6.07, 6.45) is 5.20. The molecule has 132 valence electrons. The summed E-state index contributed by atoms with van der Waals surface area (Å²) in [7, 11) is 0. The normalized spacial score (nSPS) is 22.9. The number of carbonyl (C=O) groups is 1. The largest absolute Gasteiger partial charge is 0.427 e. The van der Waals surface area contributed by atoms with Crippen molar-refractivity contribution in [3.8, 4) is 5.75 Å². The number of benzene rings is 2. The second kappa shape index (κ2) is 6.29. The predicted molar refractivity (Wildman–Crippen MR) is 97.2 cm³/mol. The lowest BCUT2D eigenvalue weighted by Gasteiger charge is -2.37. The first-order valence-electron chi connectivity index (χ1n) is 8.53. The van der Waals surface area contributed by atoms with Crippen LogP contribution in [0.2, 0.25) is 0 Å². The van der Waals surface area contributed by atoms with Gasteiger partial charge in [-0.05, 0) is 35.6 Å². The molecule has 0 saturated heterocycles. The summed E-state index contributed by atoms with van der Waals surface area (Å²) in [6, 6.07) is 12.5. The van der Waals surface area contributed by atoms with Crippen LogP contribution in [0.15, 0.2) is 54.6 Å². The van der Waals surface area contributed by atoms with E-state index in [0.29, 0.717) is 17.4 Å². The lowest BCUT2D eigenvalue weighted by atomic mass is 9.77. The maximum absolute atomic E-state index is 11.5. The molecule has 0 bridgehead atoms. The highest BCUT2D eigenvalue weighted by Gasteiger charge is 2.40. The van der Waals surface area contributed by atoms with Crippen molar-refractivity contribution in [2.45, 2.75) is 25.3 Å². The monoisotopic (exact) mass is 350 g/mol. The zero-order chi connectivity index (χ0) is 18.3. The quantitative estimate of drug-likeness (QED) is 0.293. The van der Waals surface area contributed by atoms with Crippen LogP contribution < -0.4 is 10.1 Å². The lowest BCUT2D eigenvalue weighted by Crippen LogP contribution is -2.29. The van der Waals surface area contributed by atoms with Crippen LogP contribution in [-0.4, -0.2) is 10.9 Å². The van der Waals surface area contributed by atoms with E-state index in [2.05, 4.69) is 17.5 Å². The Morgan fingerprint density at radius 1 is 1.23 bits per heavy atom. The summed E-state index contributed by atoms with van der Waals surface area (Å²) < 4.78 is 5.09. The van der Waals surface area contributed by atoms with Crippen LogP contribution in [-0.2, 0) is 4.79 Å². The summed E-state index contributed by atoms with van der Waals surface area (Å²) in [5.41, 5.74) is 2.69. The molecule has 0 radical (unpaired) electrons. The molecule has 1 heterocycles. The second-order valence-corrected chi connectivity index (χ2v) is 6.64. The van der Waals surface area contributed by atoms with Crippen molar-refractivity contribution in [2.75, 3.05) is 5.32 Å². The van der Waals surface area contributed by atoms with Gasteiger partial charge in [0.25, 0.3) is 5.69 Å². The molecule has 26 heavy (non-hydrogen) atoms. The average molecular weight is 350 g/mol. The number of anilines is 1. The van der Waals surface area contributed by atoms with Gasteiger partial charge in [0, 0.05) is 18.9 Å². The van der Waals surface area contributed by atoms with Gasteiger partial charge < -0.3 is 10.1 Å². The molecule has 1 aliphatic carbocycles. The van der Waals surface area contributed by atoms with Crippen molar-refractivity contribution in [3.63, 3.8) is 0 Å². The van der Waals surface area contributed by atoms with Crippen LogP contribution in [0.4, 0.5) is 11.4 Å². The van der Waals surface area contributed by atoms with E-state index in [0.717, 1.165) is 17.5 Å². The third-order valence-electron chi connectivity index (χ3n) is 5.07. The summed E-state index contributed by atoms with van der Waals surface area (Å²) in [4.78, 5) is 22.2. The molecule has 0 unspecified atom stereocenters. The lowest BCUT2D eigenvalue weighted by molar-refractivity contribution is -0.384. The molecule has 0 fully saturated rings. The molecular formula is C20H18N2O4. The molecule has 0 aromatic heterocycles. The number of ether oxygens (including phenoxy) is 1. The molecule has 1 N–H and O–H groups in total. The maximum Gasteiger partial charge on any atom is 0.308 e. The van der Waals surface area contributed by atoms with Crippen LogP contribution in [0.3, 0.4) is 0 Å². The number of nitro benzene ring substituents is 1. The molecule has 2 aromatic rings. The Morgan fingerprint density at radius 3 is 2.69 bits per heavy atom. The first-order valence-corrected chi connectivity index (χ1v) is 8.53. The molecule has 4 rings (SSSR count). The van der Waals surface area contributed by atoms with Crippen molar-refractivity contribution in [1.29, 1.82) is 0 Å². The van der Waals surface area contributed by atoms with Gasteiger partial charge >= 0.3 is 5.97 Å². The fraction of sp³-hybridized carbons (Fsp3) is 0.250. The fourth-order valence-corrected chi connectivity index (χ4v) is 4.00. The van der Waals surface area contributed by atoms with Crippen molar-refractivity contribution in [2.24, 2.45) is 5.92 Å². The Labute approximate surface area is 150 Å². The standard InChI is InChI=1S/C20H18N2O4/c1-12(23)26-14-10-8-13(9-11-14)19-16-5-2-4-15(16)17-6-3-7-18(22(24)25)20(17)21-19/h2-4,6-11,15-16,19,21H,5H2,1H3/t15-,16-,19-/m0/s1. The molecule has 2 aliphatic rings. The van der Waals surface area contributed by atoms with E-state index in [1.807, 2.05) is 18.2 Å². The minimum absolute atomic E-state index is 0.0463. The predicted octanol–water partition coefficient (Wildman–Crippen LogP) is 4.35. The molecule has 0 spiro atoms. The first-order chi connectivity index (χ1) is 12.5. The maximum atomic E-state index is 11.5. The number of nitrogens with one attached hydrogen (secondary N) is 1.